The van der Waals surface area contributed by atoms with E-state index in [1.54, 1.807) is 18.2 Å². The Morgan fingerprint density at radius 2 is 1.54 bits per heavy atom. The number of carbonyl (C=O) groups excluding carboxylic acids is 2. The van der Waals surface area contributed by atoms with Gasteiger partial charge in [0.1, 0.15) is 6.04 Å². The summed E-state index contributed by atoms with van der Waals surface area (Å²) in [6.07, 6.45) is 0.223. The highest BCUT2D eigenvalue weighted by molar-refractivity contribution is 7.89. The summed E-state index contributed by atoms with van der Waals surface area (Å²) >= 11 is 18.1. The van der Waals surface area contributed by atoms with E-state index in [9.17, 15) is 18.0 Å². The fourth-order valence-corrected chi connectivity index (χ4v) is 5.28. The summed E-state index contributed by atoms with van der Waals surface area (Å²) in [5.74, 6) is -0.948. The maximum absolute atomic E-state index is 13.7. The van der Waals surface area contributed by atoms with Gasteiger partial charge in [-0.25, -0.2) is 8.42 Å². The third-order valence-electron chi connectivity index (χ3n) is 5.73. The van der Waals surface area contributed by atoms with Crippen LogP contribution < -0.4 is 5.32 Å². The number of likely N-dealkylation sites (N-methyl/N-ethyl adjacent to an activating group) is 2. The lowest BCUT2D eigenvalue weighted by Gasteiger charge is -2.32. The summed E-state index contributed by atoms with van der Waals surface area (Å²) in [5.41, 5.74) is 1.47. The van der Waals surface area contributed by atoms with Crippen LogP contribution >= 0.6 is 34.8 Å². The van der Waals surface area contributed by atoms with Gasteiger partial charge in [-0.3, -0.25) is 9.59 Å². The van der Waals surface area contributed by atoms with Crippen molar-refractivity contribution in [1.82, 2.24) is 14.5 Å². The molecule has 0 bridgehead atoms. The van der Waals surface area contributed by atoms with Crippen molar-refractivity contribution in [2.24, 2.45) is 0 Å². The first-order chi connectivity index (χ1) is 17.5. The van der Waals surface area contributed by atoms with Crippen LogP contribution in [0.25, 0.3) is 0 Å². The summed E-state index contributed by atoms with van der Waals surface area (Å²) in [6.45, 7) is -0.482. The maximum atomic E-state index is 13.7. The van der Waals surface area contributed by atoms with Crippen molar-refractivity contribution >= 4 is 56.6 Å². The minimum Gasteiger partial charge on any atom is -0.357 e. The Labute approximate surface area is 232 Å². The van der Waals surface area contributed by atoms with Crippen LogP contribution in [-0.4, -0.2) is 56.1 Å². The standard InChI is InChI=1S/C26H26Cl3N3O4S/c1-30-26(34)24(15-18-6-4-3-5-7-18)32(16-19-8-13-22(28)23(29)14-19)25(33)17-31(2)37(35,36)21-11-9-20(27)10-12-21/h3-14,24H,15-17H2,1-2H3,(H,30,34)/t24-/m0/s1. The van der Waals surface area contributed by atoms with E-state index in [0.717, 1.165) is 9.87 Å². The normalized spacial score (nSPS) is 12.3. The van der Waals surface area contributed by atoms with E-state index in [1.165, 1.54) is 43.3 Å². The Bertz CT molecular complexity index is 1350. The van der Waals surface area contributed by atoms with Gasteiger partial charge in [-0.05, 0) is 47.5 Å². The average molecular weight is 583 g/mol. The minimum atomic E-state index is -3.99. The van der Waals surface area contributed by atoms with Gasteiger partial charge in [-0.2, -0.15) is 4.31 Å². The number of hydrogen-bond acceptors (Lipinski definition) is 4. The number of sulfonamides is 1. The van der Waals surface area contributed by atoms with Crippen LogP contribution in [0.3, 0.4) is 0 Å². The van der Waals surface area contributed by atoms with Crippen molar-refractivity contribution in [2.75, 3.05) is 20.6 Å². The highest BCUT2D eigenvalue weighted by atomic mass is 35.5. The van der Waals surface area contributed by atoms with Gasteiger partial charge < -0.3 is 10.2 Å². The third kappa shape index (κ3) is 7.46. The summed E-state index contributed by atoms with van der Waals surface area (Å²) in [4.78, 5) is 28.0. The predicted molar refractivity (Wildman–Crippen MR) is 146 cm³/mol. The van der Waals surface area contributed by atoms with Crippen molar-refractivity contribution in [2.45, 2.75) is 23.9 Å². The molecule has 0 aliphatic carbocycles. The van der Waals surface area contributed by atoms with E-state index in [4.69, 9.17) is 34.8 Å². The molecule has 1 atom stereocenters. The van der Waals surface area contributed by atoms with Crippen LogP contribution in [0.4, 0.5) is 0 Å². The maximum Gasteiger partial charge on any atom is 0.243 e. The zero-order valence-corrected chi connectivity index (χ0v) is 23.3. The van der Waals surface area contributed by atoms with Gasteiger partial charge >= 0.3 is 0 Å². The first-order valence-electron chi connectivity index (χ1n) is 11.2. The molecule has 3 aromatic rings. The number of nitrogens with one attached hydrogen (secondary N) is 1. The van der Waals surface area contributed by atoms with Gasteiger partial charge in [-0.15, -0.1) is 0 Å². The number of carbonyl (C=O) groups is 2. The van der Waals surface area contributed by atoms with Crippen LogP contribution in [-0.2, 0) is 32.6 Å². The summed E-state index contributed by atoms with van der Waals surface area (Å²) in [5, 5.41) is 3.66. The Kier molecular flexibility index (Phi) is 9.98. The van der Waals surface area contributed by atoms with Gasteiger partial charge in [0.2, 0.25) is 21.8 Å². The molecule has 11 heteroatoms. The van der Waals surface area contributed by atoms with Crippen molar-refractivity contribution in [3.05, 3.63) is 99.0 Å². The highest BCUT2D eigenvalue weighted by Gasteiger charge is 2.32. The molecule has 0 saturated heterocycles. The summed E-state index contributed by atoms with van der Waals surface area (Å²) < 4.78 is 27.1. The second-order valence-corrected chi connectivity index (χ2v) is 11.6. The second kappa shape index (κ2) is 12.8. The van der Waals surface area contributed by atoms with Crippen molar-refractivity contribution in [3.8, 4) is 0 Å². The smallest absolute Gasteiger partial charge is 0.243 e. The zero-order chi connectivity index (χ0) is 27.2. The van der Waals surface area contributed by atoms with Gasteiger partial charge in [-0.1, -0.05) is 71.2 Å². The Morgan fingerprint density at radius 1 is 0.892 bits per heavy atom. The molecule has 0 saturated carbocycles. The molecule has 0 fully saturated rings. The molecule has 0 radical (unpaired) electrons. The van der Waals surface area contributed by atoms with Crippen LogP contribution in [0.5, 0.6) is 0 Å². The van der Waals surface area contributed by atoms with E-state index < -0.39 is 28.5 Å². The van der Waals surface area contributed by atoms with E-state index in [2.05, 4.69) is 5.32 Å². The molecule has 2 amide bonds. The number of benzene rings is 3. The van der Waals surface area contributed by atoms with E-state index in [1.807, 2.05) is 30.3 Å². The van der Waals surface area contributed by atoms with Crippen molar-refractivity contribution in [3.63, 3.8) is 0 Å². The molecule has 0 unspecified atom stereocenters. The molecule has 0 heterocycles. The predicted octanol–water partition coefficient (Wildman–Crippen LogP) is 4.65. The second-order valence-electron chi connectivity index (χ2n) is 8.30. The van der Waals surface area contributed by atoms with Crippen molar-refractivity contribution in [1.29, 1.82) is 0 Å². The first kappa shape index (κ1) is 28.9. The number of nitrogens with zero attached hydrogens (tertiary/aromatic N) is 2. The Morgan fingerprint density at radius 3 is 2.14 bits per heavy atom. The summed E-state index contributed by atoms with van der Waals surface area (Å²) in [6, 6.07) is 18.9. The summed E-state index contributed by atoms with van der Waals surface area (Å²) in [7, 11) is -1.20. The molecule has 7 nitrogen and oxygen atoms in total. The van der Waals surface area contributed by atoms with E-state index in [-0.39, 0.29) is 23.8 Å². The van der Waals surface area contributed by atoms with Gasteiger partial charge in [0.25, 0.3) is 0 Å². The number of rotatable bonds is 10. The fraction of sp³-hybridized carbons (Fsp3) is 0.231. The molecule has 196 valence electrons. The van der Waals surface area contributed by atoms with Crippen LogP contribution in [0, 0.1) is 0 Å². The Hall–Kier alpha value is -2.62. The Balaban J connectivity index is 1.95. The minimum absolute atomic E-state index is 0.00429. The molecule has 3 aromatic carbocycles. The lowest BCUT2D eigenvalue weighted by atomic mass is 10.0. The first-order valence-corrected chi connectivity index (χ1v) is 13.8. The zero-order valence-electron chi connectivity index (χ0n) is 20.2. The number of halogens is 3. The van der Waals surface area contributed by atoms with E-state index in [0.29, 0.717) is 20.6 Å². The van der Waals surface area contributed by atoms with Gasteiger partial charge in [0, 0.05) is 32.1 Å². The van der Waals surface area contributed by atoms with Crippen LogP contribution in [0.1, 0.15) is 11.1 Å². The molecule has 1 N–H and O–H groups in total. The monoisotopic (exact) mass is 581 g/mol. The van der Waals surface area contributed by atoms with Crippen LogP contribution in [0.15, 0.2) is 77.7 Å². The lowest BCUT2D eigenvalue weighted by molar-refractivity contribution is -0.141. The van der Waals surface area contributed by atoms with E-state index >= 15 is 0 Å². The quantitative estimate of drug-likeness (QED) is 0.377. The average Bonchev–Trinajstić information content (AvgIpc) is 2.88. The molecule has 0 spiro atoms. The molecular formula is C26H26Cl3N3O4S. The van der Waals surface area contributed by atoms with Crippen molar-refractivity contribution < 1.29 is 18.0 Å². The largest absolute Gasteiger partial charge is 0.357 e. The van der Waals surface area contributed by atoms with Crippen LogP contribution in [0.2, 0.25) is 15.1 Å². The SMILES string of the molecule is CNC(=O)[C@H](Cc1ccccc1)N(Cc1ccc(Cl)c(Cl)c1)C(=O)CN(C)S(=O)(=O)c1ccc(Cl)cc1. The molecule has 0 aliphatic heterocycles. The van der Waals surface area contributed by atoms with Gasteiger partial charge in [0.15, 0.2) is 0 Å². The lowest BCUT2D eigenvalue weighted by Crippen LogP contribution is -2.52. The molecule has 0 aliphatic rings. The molecular weight excluding hydrogens is 557 g/mol. The third-order valence-corrected chi connectivity index (χ3v) is 8.54. The molecule has 37 heavy (non-hydrogen) atoms. The molecule has 0 aromatic heterocycles. The fourth-order valence-electron chi connectivity index (χ4n) is 3.71. The topological polar surface area (TPSA) is 86.8 Å². The number of amides is 2. The molecule has 3 rings (SSSR count). The highest BCUT2D eigenvalue weighted by Crippen LogP contribution is 2.25. The number of hydrogen-bond donors (Lipinski definition) is 1. The van der Waals surface area contributed by atoms with Gasteiger partial charge in [0.05, 0.1) is 21.5 Å².